The molecule has 0 aliphatic heterocycles. The third kappa shape index (κ3) is 6.50. The van der Waals surface area contributed by atoms with Crippen molar-refractivity contribution < 1.29 is 28.6 Å². The Bertz CT molecular complexity index is 785. The number of aliphatic carboxylic acids is 1. The number of carbonyl (C=O) groups is 3. The Hall–Kier alpha value is -3.29. The largest absolute Gasteiger partial charge is 0.484 e. The maximum atomic E-state index is 12.3. The van der Waals surface area contributed by atoms with Crippen LogP contribution in [0.2, 0.25) is 0 Å². The van der Waals surface area contributed by atoms with Crippen LogP contribution in [-0.4, -0.2) is 47.5 Å². The van der Waals surface area contributed by atoms with Crippen LogP contribution in [0.15, 0.2) is 47.1 Å². The van der Waals surface area contributed by atoms with Gasteiger partial charge in [-0.05, 0) is 30.2 Å². The summed E-state index contributed by atoms with van der Waals surface area (Å²) in [6.45, 7) is 3.45. The van der Waals surface area contributed by atoms with Gasteiger partial charge >= 0.3 is 5.97 Å². The second kappa shape index (κ2) is 9.42. The van der Waals surface area contributed by atoms with Crippen molar-refractivity contribution >= 4 is 23.5 Å². The number of rotatable bonds is 9. The lowest BCUT2D eigenvalue weighted by molar-refractivity contribution is -0.145. The first-order valence-electron chi connectivity index (χ1n) is 8.42. The Balaban J connectivity index is 1.95. The minimum atomic E-state index is -1.08. The number of carbonyl (C=O) groups excluding carboxylic acids is 2. The molecule has 0 radical (unpaired) electrons. The Kier molecular flexibility index (Phi) is 6.99. The van der Waals surface area contributed by atoms with Gasteiger partial charge in [0.25, 0.3) is 11.8 Å². The van der Waals surface area contributed by atoms with Crippen molar-refractivity contribution in [3.63, 3.8) is 0 Å². The highest BCUT2D eigenvalue weighted by Gasteiger charge is 2.18. The topological polar surface area (TPSA) is 109 Å². The van der Waals surface area contributed by atoms with Gasteiger partial charge in [-0.15, -0.1) is 0 Å². The molecule has 1 heterocycles. The van der Waals surface area contributed by atoms with Crippen LogP contribution in [0.3, 0.4) is 0 Å². The zero-order valence-corrected chi connectivity index (χ0v) is 15.2. The van der Waals surface area contributed by atoms with Gasteiger partial charge in [0.2, 0.25) is 0 Å². The van der Waals surface area contributed by atoms with Gasteiger partial charge < -0.3 is 24.5 Å². The van der Waals surface area contributed by atoms with E-state index < -0.39 is 17.8 Å². The van der Waals surface area contributed by atoms with E-state index in [4.69, 9.17) is 14.3 Å². The van der Waals surface area contributed by atoms with E-state index in [2.05, 4.69) is 5.32 Å². The number of carboxylic acids is 1. The molecule has 2 aromatic rings. The van der Waals surface area contributed by atoms with Crippen LogP contribution in [-0.2, 0) is 9.59 Å². The third-order valence-corrected chi connectivity index (χ3v) is 3.46. The lowest BCUT2D eigenvalue weighted by Crippen LogP contribution is -2.40. The summed E-state index contributed by atoms with van der Waals surface area (Å²) in [7, 11) is 0. The molecule has 0 aliphatic rings. The van der Waals surface area contributed by atoms with Gasteiger partial charge in [-0.2, -0.15) is 0 Å². The van der Waals surface area contributed by atoms with Crippen LogP contribution < -0.4 is 10.1 Å². The quantitative estimate of drug-likeness (QED) is 0.698. The van der Waals surface area contributed by atoms with Gasteiger partial charge in [-0.3, -0.25) is 14.4 Å². The average Bonchev–Trinajstić information content (AvgIpc) is 3.13. The fourth-order valence-corrected chi connectivity index (χ4v) is 2.36. The lowest BCUT2D eigenvalue weighted by Gasteiger charge is -2.22. The highest BCUT2D eigenvalue weighted by molar-refractivity contribution is 6.02. The summed E-state index contributed by atoms with van der Waals surface area (Å²) < 4.78 is 10.5. The van der Waals surface area contributed by atoms with Gasteiger partial charge in [0.1, 0.15) is 12.3 Å². The van der Waals surface area contributed by atoms with E-state index in [-0.39, 0.29) is 24.8 Å². The van der Waals surface area contributed by atoms with Crippen LogP contribution in [0.1, 0.15) is 24.4 Å². The zero-order valence-electron chi connectivity index (χ0n) is 15.2. The first-order valence-corrected chi connectivity index (χ1v) is 8.42. The van der Waals surface area contributed by atoms with Gasteiger partial charge in [0.15, 0.2) is 12.4 Å². The molecule has 0 atom stereocenters. The molecular formula is C19H22N2O6. The highest BCUT2D eigenvalue weighted by Crippen LogP contribution is 2.18. The number of carboxylic acid groups (broad SMARTS) is 1. The molecule has 2 rings (SSSR count). The second-order valence-corrected chi connectivity index (χ2v) is 6.31. The summed E-state index contributed by atoms with van der Waals surface area (Å²) in [6, 6.07) is 9.70. The standard InChI is InChI=1S/C19H22N2O6/c1-13(2)10-21(11-18(23)24)17(22)12-27-15-6-3-5-14(9-15)20-19(25)16-7-4-8-26-16/h3-9,13H,10-12H2,1-2H3,(H,20,25)(H,23,24). The van der Waals surface area contributed by atoms with Gasteiger partial charge in [0.05, 0.1) is 6.26 Å². The molecule has 0 aliphatic carbocycles. The normalized spacial score (nSPS) is 10.5. The number of hydrogen-bond acceptors (Lipinski definition) is 5. The molecule has 8 nitrogen and oxygen atoms in total. The SMILES string of the molecule is CC(C)CN(CC(=O)O)C(=O)COc1cccc(NC(=O)c2ccco2)c1. The molecule has 144 valence electrons. The van der Waals surface area contributed by atoms with E-state index >= 15 is 0 Å². The number of furan rings is 1. The molecule has 0 bridgehead atoms. The molecule has 8 heteroatoms. The van der Waals surface area contributed by atoms with E-state index in [1.807, 2.05) is 13.8 Å². The predicted molar refractivity (Wildman–Crippen MR) is 97.7 cm³/mol. The molecule has 1 aromatic heterocycles. The minimum absolute atomic E-state index is 0.133. The summed E-state index contributed by atoms with van der Waals surface area (Å²) in [5.41, 5.74) is 0.478. The summed E-state index contributed by atoms with van der Waals surface area (Å²) in [5.74, 6) is -1.22. The number of anilines is 1. The van der Waals surface area contributed by atoms with Crippen molar-refractivity contribution in [1.29, 1.82) is 0 Å². The maximum absolute atomic E-state index is 12.3. The number of nitrogens with one attached hydrogen (secondary N) is 1. The lowest BCUT2D eigenvalue weighted by atomic mass is 10.2. The minimum Gasteiger partial charge on any atom is -0.484 e. The van der Waals surface area contributed by atoms with Crippen molar-refractivity contribution in [2.24, 2.45) is 5.92 Å². The van der Waals surface area contributed by atoms with Gasteiger partial charge in [-0.25, -0.2) is 0 Å². The first-order chi connectivity index (χ1) is 12.8. The molecule has 1 aromatic carbocycles. The average molecular weight is 374 g/mol. The maximum Gasteiger partial charge on any atom is 0.323 e. The number of benzene rings is 1. The van der Waals surface area contributed by atoms with E-state index in [0.717, 1.165) is 0 Å². The van der Waals surface area contributed by atoms with Crippen molar-refractivity contribution in [3.05, 3.63) is 48.4 Å². The van der Waals surface area contributed by atoms with Crippen LogP contribution >= 0.6 is 0 Å². The zero-order chi connectivity index (χ0) is 19.8. The summed E-state index contributed by atoms with van der Waals surface area (Å²) in [5, 5.41) is 11.6. The van der Waals surface area contributed by atoms with Gasteiger partial charge in [-0.1, -0.05) is 19.9 Å². The molecule has 0 fully saturated rings. The van der Waals surface area contributed by atoms with Crippen molar-refractivity contribution in [2.75, 3.05) is 25.0 Å². The van der Waals surface area contributed by atoms with Crippen molar-refractivity contribution in [2.45, 2.75) is 13.8 Å². The summed E-state index contributed by atoms with van der Waals surface area (Å²) in [6.07, 6.45) is 1.40. The van der Waals surface area contributed by atoms with E-state index in [9.17, 15) is 14.4 Å². The van der Waals surface area contributed by atoms with Crippen LogP contribution in [0.5, 0.6) is 5.75 Å². The molecule has 2 N–H and O–H groups in total. The Morgan fingerprint density at radius 2 is 2.00 bits per heavy atom. The Morgan fingerprint density at radius 3 is 2.63 bits per heavy atom. The molecule has 2 amide bonds. The van der Waals surface area contributed by atoms with E-state index in [0.29, 0.717) is 18.0 Å². The predicted octanol–water partition coefficient (Wildman–Crippen LogP) is 2.48. The number of ether oxygens (including phenoxy) is 1. The Labute approximate surface area is 156 Å². The molecule has 0 spiro atoms. The van der Waals surface area contributed by atoms with Crippen LogP contribution in [0, 0.1) is 5.92 Å². The van der Waals surface area contributed by atoms with E-state index in [1.54, 1.807) is 36.4 Å². The number of nitrogens with zero attached hydrogens (tertiary/aromatic N) is 1. The summed E-state index contributed by atoms with van der Waals surface area (Å²) in [4.78, 5) is 36.4. The van der Waals surface area contributed by atoms with Gasteiger partial charge in [0, 0.05) is 18.3 Å². The smallest absolute Gasteiger partial charge is 0.323 e. The van der Waals surface area contributed by atoms with E-state index in [1.165, 1.54) is 11.2 Å². The first kappa shape index (κ1) is 20.0. The molecule has 0 unspecified atom stereocenters. The van der Waals surface area contributed by atoms with Crippen molar-refractivity contribution in [3.8, 4) is 5.75 Å². The van der Waals surface area contributed by atoms with Crippen LogP contribution in [0.25, 0.3) is 0 Å². The molecule has 27 heavy (non-hydrogen) atoms. The number of amides is 2. The number of hydrogen-bond donors (Lipinski definition) is 2. The highest BCUT2D eigenvalue weighted by atomic mass is 16.5. The fourth-order valence-electron chi connectivity index (χ4n) is 2.36. The monoisotopic (exact) mass is 374 g/mol. The fraction of sp³-hybridized carbons (Fsp3) is 0.316. The van der Waals surface area contributed by atoms with Crippen LogP contribution in [0.4, 0.5) is 5.69 Å². The molecule has 0 saturated carbocycles. The molecule has 0 saturated heterocycles. The summed E-state index contributed by atoms with van der Waals surface area (Å²) >= 11 is 0. The van der Waals surface area contributed by atoms with Crippen molar-refractivity contribution in [1.82, 2.24) is 4.90 Å². The molecular weight excluding hydrogens is 352 g/mol. The third-order valence-electron chi connectivity index (χ3n) is 3.46. The Morgan fingerprint density at radius 1 is 1.22 bits per heavy atom. The second-order valence-electron chi connectivity index (χ2n) is 6.31.